The molecule has 0 heterocycles. The van der Waals surface area contributed by atoms with E-state index < -0.39 is 11.9 Å². The van der Waals surface area contributed by atoms with Crippen molar-refractivity contribution in [1.82, 2.24) is 16.0 Å². The van der Waals surface area contributed by atoms with Crippen LogP contribution in [0, 0.1) is 0 Å². The van der Waals surface area contributed by atoms with Gasteiger partial charge >= 0.3 is 6.03 Å². The van der Waals surface area contributed by atoms with E-state index in [1.807, 2.05) is 5.32 Å². The van der Waals surface area contributed by atoms with E-state index in [4.69, 9.17) is 11.6 Å². The van der Waals surface area contributed by atoms with Crippen molar-refractivity contribution in [3.05, 3.63) is 0 Å². The minimum Gasteiger partial charge on any atom is -0.356 e. The Bertz CT molecular complexity index is 245. The summed E-state index contributed by atoms with van der Waals surface area (Å²) in [6, 6.07) is -0.648. The summed E-state index contributed by atoms with van der Waals surface area (Å²) in [5.74, 6) is -1.00. The second-order valence-electron chi connectivity index (χ2n) is 2.64. The van der Waals surface area contributed by atoms with Gasteiger partial charge in [0, 0.05) is 19.5 Å². The van der Waals surface area contributed by atoms with Gasteiger partial charge in [-0.15, -0.1) is 11.6 Å². The summed E-state index contributed by atoms with van der Waals surface area (Å²) >= 11 is 5.17. The summed E-state index contributed by atoms with van der Waals surface area (Å²) in [6.45, 7) is 2.53. The fourth-order valence-corrected chi connectivity index (χ4v) is 0.846. The first kappa shape index (κ1) is 13.7. The van der Waals surface area contributed by atoms with Crippen molar-refractivity contribution in [2.45, 2.75) is 13.3 Å². The maximum atomic E-state index is 10.9. The number of rotatable bonds is 5. The quantitative estimate of drug-likeness (QED) is 0.566. The predicted octanol–water partition coefficient (Wildman–Crippen LogP) is -0.423. The number of nitrogens with one attached hydrogen (secondary N) is 3. The zero-order valence-corrected chi connectivity index (χ0v) is 9.19. The summed E-state index contributed by atoms with van der Waals surface area (Å²) in [6.07, 6.45) is 0.177. The van der Waals surface area contributed by atoms with Gasteiger partial charge in [0.1, 0.15) is 5.88 Å². The number of hydrogen-bond acceptors (Lipinski definition) is 3. The van der Waals surface area contributed by atoms with Gasteiger partial charge in [0.15, 0.2) is 0 Å². The van der Waals surface area contributed by atoms with Gasteiger partial charge < -0.3 is 10.6 Å². The van der Waals surface area contributed by atoms with Gasteiger partial charge in [-0.1, -0.05) is 0 Å². The lowest BCUT2D eigenvalue weighted by Crippen LogP contribution is -2.41. The van der Waals surface area contributed by atoms with Gasteiger partial charge in [0.05, 0.1) is 0 Å². The molecule has 0 spiro atoms. The van der Waals surface area contributed by atoms with Crippen LogP contribution in [0.4, 0.5) is 4.79 Å². The molecule has 0 fully saturated rings. The van der Waals surface area contributed by atoms with Crippen LogP contribution in [0.1, 0.15) is 13.3 Å². The van der Waals surface area contributed by atoms with E-state index in [9.17, 15) is 14.4 Å². The Morgan fingerprint density at radius 3 is 2.33 bits per heavy atom. The smallest absolute Gasteiger partial charge is 0.321 e. The number of carbonyl (C=O) groups excluding carboxylic acids is 3. The van der Waals surface area contributed by atoms with Crippen LogP contribution < -0.4 is 16.0 Å². The van der Waals surface area contributed by atoms with Crippen LogP contribution in [-0.4, -0.2) is 36.8 Å². The molecule has 0 aliphatic rings. The van der Waals surface area contributed by atoms with E-state index in [2.05, 4.69) is 10.6 Å². The molecule has 0 aromatic carbocycles. The molecule has 0 bridgehead atoms. The largest absolute Gasteiger partial charge is 0.356 e. The second-order valence-corrected chi connectivity index (χ2v) is 2.91. The van der Waals surface area contributed by atoms with Gasteiger partial charge in [-0.2, -0.15) is 0 Å². The summed E-state index contributed by atoms with van der Waals surface area (Å²) in [5, 5.41) is 6.90. The number of halogens is 1. The Morgan fingerprint density at radius 2 is 1.80 bits per heavy atom. The Kier molecular flexibility index (Phi) is 7.35. The summed E-state index contributed by atoms with van der Waals surface area (Å²) < 4.78 is 0. The molecule has 0 radical (unpaired) electrons. The average molecular weight is 236 g/mol. The zero-order valence-electron chi connectivity index (χ0n) is 8.43. The first-order valence-corrected chi connectivity index (χ1v) is 5.04. The van der Waals surface area contributed by atoms with E-state index in [0.717, 1.165) is 0 Å². The molecule has 0 saturated carbocycles. The van der Waals surface area contributed by atoms with E-state index in [-0.39, 0.29) is 24.8 Å². The number of hydrogen-bond donors (Lipinski definition) is 3. The van der Waals surface area contributed by atoms with Crippen LogP contribution in [0.5, 0.6) is 0 Å². The van der Waals surface area contributed by atoms with Gasteiger partial charge in [-0.05, 0) is 6.92 Å². The molecule has 6 nitrogen and oxygen atoms in total. The molecule has 0 aromatic heterocycles. The molecule has 7 heteroatoms. The molecule has 0 aliphatic heterocycles. The Balaban J connectivity index is 3.55. The van der Waals surface area contributed by atoms with Gasteiger partial charge in [0.25, 0.3) is 0 Å². The average Bonchev–Trinajstić information content (AvgIpc) is 2.18. The molecule has 0 atom stereocenters. The van der Waals surface area contributed by atoms with Crippen molar-refractivity contribution in [3.8, 4) is 0 Å². The van der Waals surface area contributed by atoms with E-state index in [0.29, 0.717) is 6.54 Å². The highest BCUT2D eigenvalue weighted by molar-refractivity contribution is 6.28. The van der Waals surface area contributed by atoms with Gasteiger partial charge in [-0.3, -0.25) is 14.9 Å². The van der Waals surface area contributed by atoms with Crippen LogP contribution in [0.25, 0.3) is 0 Å². The van der Waals surface area contributed by atoms with E-state index in [1.165, 1.54) is 0 Å². The highest BCUT2D eigenvalue weighted by Crippen LogP contribution is 1.78. The second kappa shape index (κ2) is 8.05. The fraction of sp³-hybridized carbons (Fsp3) is 0.625. The van der Waals surface area contributed by atoms with Gasteiger partial charge in [-0.25, -0.2) is 4.79 Å². The SMILES string of the molecule is CCNC(=O)CCNC(=O)NC(=O)CCl. The third-order valence-corrected chi connectivity index (χ3v) is 1.63. The molecule has 0 rings (SSSR count). The Hall–Kier alpha value is -1.30. The summed E-state index contributed by atoms with van der Waals surface area (Å²) in [7, 11) is 0. The maximum Gasteiger partial charge on any atom is 0.321 e. The maximum absolute atomic E-state index is 10.9. The number of carbonyl (C=O) groups is 3. The summed E-state index contributed by atoms with van der Waals surface area (Å²) in [5.41, 5.74) is 0. The van der Waals surface area contributed by atoms with Crippen LogP contribution in [0.2, 0.25) is 0 Å². The standard InChI is InChI=1S/C8H14ClN3O3/c1-2-10-6(13)3-4-11-8(15)12-7(14)5-9/h2-5H2,1H3,(H,10,13)(H2,11,12,14,15). The third kappa shape index (κ3) is 7.75. The first-order valence-electron chi connectivity index (χ1n) is 4.50. The molecule has 0 unspecified atom stereocenters. The van der Waals surface area contributed by atoms with Crippen molar-refractivity contribution < 1.29 is 14.4 Å². The first-order chi connectivity index (χ1) is 7.10. The van der Waals surface area contributed by atoms with Crippen molar-refractivity contribution in [2.75, 3.05) is 19.0 Å². The van der Waals surface area contributed by atoms with Crippen molar-refractivity contribution >= 4 is 29.4 Å². The van der Waals surface area contributed by atoms with Crippen molar-refractivity contribution in [1.29, 1.82) is 0 Å². The number of alkyl halides is 1. The topological polar surface area (TPSA) is 87.3 Å². The lowest BCUT2D eigenvalue weighted by molar-refractivity contribution is -0.120. The van der Waals surface area contributed by atoms with E-state index >= 15 is 0 Å². The van der Waals surface area contributed by atoms with Crippen molar-refractivity contribution in [2.24, 2.45) is 0 Å². The molecular formula is C8H14ClN3O3. The number of amides is 4. The highest BCUT2D eigenvalue weighted by atomic mass is 35.5. The minimum absolute atomic E-state index is 0.151. The Labute approximate surface area is 92.7 Å². The third-order valence-electron chi connectivity index (χ3n) is 1.39. The molecule has 0 saturated heterocycles. The molecule has 86 valence electrons. The summed E-state index contributed by atoms with van der Waals surface area (Å²) in [4.78, 5) is 32.5. The van der Waals surface area contributed by atoms with Crippen LogP contribution in [0.15, 0.2) is 0 Å². The molecule has 4 amide bonds. The normalized spacial score (nSPS) is 9.20. The van der Waals surface area contributed by atoms with Crippen LogP contribution >= 0.6 is 11.6 Å². The van der Waals surface area contributed by atoms with Gasteiger partial charge in [0.2, 0.25) is 11.8 Å². The van der Waals surface area contributed by atoms with E-state index in [1.54, 1.807) is 6.92 Å². The molecule has 15 heavy (non-hydrogen) atoms. The number of imide groups is 1. The monoisotopic (exact) mass is 235 g/mol. The molecular weight excluding hydrogens is 222 g/mol. The van der Waals surface area contributed by atoms with Crippen LogP contribution in [0.3, 0.4) is 0 Å². The molecule has 0 aromatic rings. The lowest BCUT2D eigenvalue weighted by atomic mass is 10.4. The molecule has 0 aliphatic carbocycles. The number of urea groups is 1. The van der Waals surface area contributed by atoms with Crippen LogP contribution in [-0.2, 0) is 9.59 Å². The fourth-order valence-electron chi connectivity index (χ4n) is 0.779. The highest BCUT2D eigenvalue weighted by Gasteiger charge is 2.06. The molecule has 3 N–H and O–H groups in total. The Morgan fingerprint density at radius 1 is 1.13 bits per heavy atom. The lowest BCUT2D eigenvalue weighted by Gasteiger charge is -2.05. The van der Waals surface area contributed by atoms with Crippen molar-refractivity contribution in [3.63, 3.8) is 0 Å². The minimum atomic E-state index is -0.648. The zero-order chi connectivity index (χ0) is 11.7. The predicted molar refractivity (Wildman–Crippen MR) is 55.6 cm³/mol.